The van der Waals surface area contributed by atoms with Crippen LogP contribution in [0.2, 0.25) is 0 Å². The van der Waals surface area contributed by atoms with Gasteiger partial charge in [-0.1, -0.05) is 20.8 Å². The topological polar surface area (TPSA) is 44.0 Å². The first-order valence-electron chi connectivity index (χ1n) is 5.01. The molecule has 2 unspecified atom stereocenters. The molecule has 0 aromatic heterocycles. The molecule has 0 heterocycles. The molecule has 0 aliphatic heterocycles. The van der Waals surface area contributed by atoms with E-state index in [2.05, 4.69) is 26.8 Å². The van der Waals surface area contributed by atoms with Crippen molar-refractivity contribution < 1.29 is 5.11 Å². The summed E-state index contributed by atoms with van der Waals surface area (Å²) in [6.07, 6.45) is 3.32. The Labute approximate surface area is 80.6 Å². The lowest BCUT2D eigenvalue weighted by atomic mass is 9.78. The van der Waals surface area contributed by atoms with Gasteiger partial charge in [-0.05, 0) is 37.0 Å². The number of aliphatic hydroxyl groups is 1. The normalized spacial score (nSPS) is 39.2. The van der Waals surface area contributed by atoms with Crippen molar-refractivity contribution in [3.05, 3.63) is 0 Å². The molecule has 2 nitrogen and oxygen atoms in total. The number of hydrogen-bond donors (Lipinski definition) is 1. The Balaban J connectivity index is 2.81. The third-order valence-electron chi connectivity index (χ3n) is 2.93. The van der Waals surface area contributed by atoms with Gasteiger partial charge in [0.25, 0.3) is 0 Å². The molecule has 2 atom stereocenters. The third-order valence-corrected chi connectivity index (χ3v) is 2.93. The average molecular weight is 181 g/mol. The van der Waals surface area contributed by atoms with E-state index in [0.29, 0.717) is 18.8 Å². The summed E-state index contributed by atoms with van der Waals surface area (Å²) in [7, 11) is 0. The molecule has 1 saturated carbocycles. The predicted octanol–water partition coefficient (Wildman–Crippen LogP) is 2.48. The maximum absolute atomic E-state index is 9.95. The van der Waals surface area contributed by atoms with Crippen molar-refractivity contribution in [3.63, 3.8) is 0 Å². The lowest BCUT2D eigenvalue weighted by molar-refractivity contribution is 0.0503. The van der Waals surface area contributed by atoms with Crippen molar-refractivity contribution in [1.82, 2.24) is 0 Å². The molecule has 1 fully saturated rings. The van der Waals surface area contributed by atoms with E-state index in [0.717, 1.165) is 12.8 Å². The fourth-order valence-corrected chi connectivity index (χ4v) is 2.58. The van der Waals surface area contributed by atoms with Crippen LogP contribution in [0.5, 0.6) is 0 Å². The predicted molar refractivity (Wildman–Crippen MR) is 52.0 cm³/mol. The number of hydrogen-bond acceptors (Lipinski definition) is 2. The van der Waals surface area contributed by atoms with E-state index in [9.17, 15) is 5.11 Å². The average Bonchev–Trinajstić information content (AvgIpc) is 2.08. The molecule has 0 spiro atoms. The van der Waals surface area contributed by atoms with Gasteiger partial charge in [-0.2, -0.15) is 5.26 Å². The van der Waals surface area contributed by atoms with Gasteiger partial charge in [0.15, 0.2) is 5.60 Å². The highest BCUT2D eigenvalue weighted by atomic mass is 16.3. The van der Waals surface area contributed by atoms with Gasteiger partial charge >= 0.3 is 0 Å². The highest BCUT2D eigenvalue weighted by molar-refractivity contribution is 5.04. The van der Waals surface area contributed by atoms with Crippen LogP contribution in [0.1, 0.15) is 46.5 Å². The zero-order chi connectivity index (χ0) is 10.1. The van der Waals surface area contributed by atoms with Crippen LogP contribution in [-0.2, 0) is 0 Å². The molecule has 1 rings (SSSR count). The Morgan fingerprint density at radius 3 is 2.62 bits per heavy atom. The maximum atomic E-state index is 9.95. The first kappa shape index (κ1) is 10.5. The molecule has 0 radical (unpaired) electrons. The summed E-state index contributed by atoms with van der Waals surface area (Å²) in [5, 5.41) is 18.8. The molecular weight excluding hydrogens is 162 g/mol. The molecular formula is C11H19NO. The maximum Gasteiger partial charge on any atom is 0.151 e. The summed E-state index contributed by atoms with van der Waals surface area (Å²) in [5.41, 5.74) is -0.978. The van der Waals surface area contributed by atoms with Crippen molar-refractivity contribution in [2.24, 2.45) is 11.3 Å². The van der Waals surface area contributed by atoms with E-state index in [1.165, 1.54) is 0 Å². The second kappa shape index (κ2) is 3.31. The minimum absolute atomic E-state index is 0.0976. The van der Waals surface area contributed by atoms with Gasteiger partial charge in [-0.25, -0.2) is 0 Å². The fourth-order valence-electron chi connectivity index (χ4n) is 2.58. The van der Waals surface area contributed by atoms with Gasteiger partial charge in [0.2, 0.25) is 0 Å². The molecule has 1 aliphatic rings. The molecule has 1 aliphatic carbocycles. The van der Waals surface area contributed by atoms with Crippen LogP contribution in [0, 0.1) is 22.7 Å². The Bertz CT molecular complexity index is 229. The molecule has 0 bridgehead atoms. The summed E-state index contributed by atoms with van der Waals surface area (Å²) in [6.45, 7) is 6.47. The van der Waals surface area contributed by atoms with Gasteiger partial charge in [0, 0.05) is 0 Å². The molecule has 0 saturated heterocycles. The van der Waals surface area contributed by atoms with Crippen LogP contribution in [0.15, 0.2) is 0 Å². The Hall–Kier alpha value is -0.550. The highest BCUT2D eigenvalue weighted by Gasteiger charge is 2.38. The minimum Gasteiger partial charge on any atom is -0.375 e. The van der Waals surface area contributed by atoms with Crippen molar-refractivity contribution in [1.29, 1.82) is 5.26 Å². The van der Waals surface area contributed by atoms with Crippen molar-refractivity contribution in [3.8, 4) is 6.07 Å². The number of rotatable bonds is 0. The SMILES string of the molecule is CC1CCC(O)(C#N)CC(C)(C)C1. The second-order valence-electron chi connectivity index (χ2n) is 5.33. The molecule has 0 aromatic rings. The lowest BCUT2D eigenvalue weighted by Gasteiger charge is -2.29. The molecule has 2 heteroatoms. The Morgan fingerprint density at radius 1 is 1.46 bits per heavy atom. The van der Waals surface area contributed by atoms with E-state index in [-0.39, 0.29) is 5.41 Å². The van der Waals surface area contributed by atoms with Gasteiger partial charge in [0.1, 0.15) is 0 Å². The van der Waals surface area contributed by atoms with E-state index in [4.69, 9.17) is 5.26 Å². The first-order valence-corrected chi connectivity index (χ1v) is 5.01. The zero-order valence-electron chi connectivity index (χ0n) is 8.80. The van der Waals surface area contributed by atoms with E-state index >= 15 is 0 Å². The van der Waals surface area contributed by atoms with Gasteiger partial charge in [-0.15, -0.1) is 0 Å². The van der Waals surface area contributed by atoms with Gasteiger partial charge < -0.3 is 5.11 Å². The monoisotopic (exact) mass is 181 g/mol. The van der Waals surface area contributed by atoms with E-state index < -0.39 is 5.60 Å². The summed E-state index contributed by atoms with van der Waals surface area (Å²) in [4.78, 5) is 0. The molecule has 1 N–H and O–H groups in total. The Kier molecular flexibility index (Phi) is 2.68. The summed E-state index contributed by atoms with van der Waals surface area (Å²) >= 11 is 0. The highest BCUT2D eigenvalue weighted by Crippen LogP contribution is 2.41. The molecule has 74 valence electrons. The summed E-state index contributed by atoms with van der Waals surface area (Å²) in [5.74, 6) is 0.623. The van der Waals surface area contributed by atoms with Crippen LogP contribution in [0.25, 0.3) is 0 Å². The molecule has 0 aromatic carbocycles. The van der Waals surface area contributed by atoms with Gasteiger partial charge in [0.05, 0.1) is 6.07 Å². The van der Waals surface area contributed by atoms with Crippen LogP contribution in [0.4, 0.5) is 0 Å². The largest absolute Gasteiger partial charge is 0.375 e. The van der Waals surface area contributed by atoms with Crippen molar-refractivity contribution in [2.75, 3.05) is 0 Å². The van der Waals surface area contributed by atoms with E-state index in [1.807, 2.05) is 0 Å². The van der Waals surface area contributed by atoms with Gasteiger partial charge in [-0.3, -0.25) is 0 Å². The number of nitrogens with zero attached hydrogens (tertiary/aromatic N) is 1. The number of nitriles is 1. The molecule has 0 amide bonds. The van der Waals surface area contributed by atoms with Crippen LogP contribution in [0.3, 0.4) is 0 Å². The lowest BCUT2D eigenvalue weighted by Crippen LogP contribution is -2.31. The van der Waals surface area contributed by atoms with E-state index in [1.54, 1.807) is 0 Å². The summed E-state index contributed by atoms with van der Waals surface area (Å²) < 4.78 is 0. The smallest absolute Gasteiger partial charge is 0.151 e. The second-order valence-corrected chi connectivity index (χ2v) is 5.33. The minimum atomic E-state index is -1.08. The van der Waals surface area contributed by atoms with Crippen molar-refractivity contribution >= 4 is 0 Å². The quantitative estimate of drug-likeness (QED) is 0.461. The first-order chi connectivity index (χ1) is 5.87. The molecule has 13 heavy (non-hydrogen) atoms. The zero-order valence-corrected chi connectivity index (χ0v) is 8.80. The summed E-state index contributed by atoms with van der Waals surface area (Å²) in [6, 6.07) is 2.05. The van der Waals surface area contributed by atoms with Crippen molar-refractivity contribution in [2.45, 2.75) is 52.1 Å². The fraction of sp³-hybridized carbons (Fsp3) is 0.909. The van der Waals surface area contributed by atoms with Crippen LogP contribution >= 0.6 is 0 Å². The van der Waals surface area contributed by atoms with Crippen LogP contribution in [-0.4, -0.2) is 10.7 Å². The Morgan fingerprint density at radius 2 is 2.08 bits per heavy atom. The standard InChI is InChI=1S/C11H19NO/c1-9-4-5-11(13,8-12)7-10(2,3)6-9/h9,13H,4-7H2,1-3H3. The van der Waals surface area contributed by atoms with Crippen LogP contribution < -0.4 is 0 Å². The third kappa shape index (κ3) is 2.70.